The third-order valence-electron chi connectivity index (χ3n) is 3.57. The Morgan fingerprint density at radius 1 is 1.11 bits per heavy atom. The highest BCUT2D eigenvalue weighted by atomic mass is 16.2. The minimum atomic E-state index is 0.281. The second kappa shape index (κ2) is 13.9. The van der Waals surface area contributed by atoms with Crippen LogP contribution in [0.15, 0.2) is 0 Å². The number of amides is 1. The third kappa shape index (κ3) is 8.28. The predicted molar refractivity (Wildman–Crippen MR) is 86.4 cm³/mol. The van der Waals surface area contributed by atoms with Crippen LogP contribution < -0.4 is 0 Å². The molecule has 0 radical (unpaired) electrons. The summed E-state index contributed by atoms with van der Waals surface area (Å²) in [7, 11) is 0. The van der Waals surface area contributed by atoms with E-state index in [0.29, 0.717) is 5.91 Å². The van der Waals surface area contributed by atoms with Crippen molar-refractivity contribution in [2.45, 2.75) is 80.6 Å². The van der Waals surface area contributed by atoms with Gasteiger partial charge in [0.15, 0.2) is 0 Å². The fraction of sp³-hybridized carbons (Fsp3) is 0.941. The molecule has 1 aliphatic rings. The second-order valence-electron chi connectivity index (χ2n) is 4.90. The van der Waals surface area contributed by atoms with Crippen LogP contribution in [0.1, 0.15) is 80.6 Å². The average molecular weight is 271 g/mol. The van der Waals surface area contributed by atoms with Gasteiger partial charge in [-0.1, -0.05) is 54.9 Å². The molecule has 1 fully saturated rings. The van der Waals surface area contributed by atoms with E-state index in [0.717, 1.165) is 38.3 Å². The Kier molecular flexibility index (Phi) is 15.2. The van der Waals surface area contributed by atoms with Crippen molar-refractivity contribution in [1.29, 1.82) is 0 Å². The molecule has 0 aromatic heterocycles. The van der Waals surface area contributed by atoms with Crippen LogP contribution in [-0.4, -0.2) is 23.9 Å². The zero-order chi connectivity index (χ0) is 15.3. The van der Waals surface area contributed by atoms with Gasteiger partial charge in [-0.05, 0) is 31.6 Å². The van der Waals surface area contributed by atoms with Crippen LogP contribution in [0, 0.1) is 11.8 Å². The van der Waals surface area contributed by atoms with Gasteiger partial charge in [0.1, 0.15) is 0 Å². The van der Waals surface area contributed by atoms with Gasteiger partial charge >= 0.3 is 0 Å². The van der Waals surface area contributed by atoms with Crippen LogP contribution in [0.2, 0.25) is 0 Å². The smallest absolute Gasteiger partial charge is 0.225 e. The standard InChI is InChI=1S/C13H25NO.2C2H6/c1-4-6-12(5-2)13(15)14-9-7-11(3)8-10-14;2*1-2/h11-12H,4-10H2,1-3H3;2*1-2H3. The minimum Gasteiger partial charge on any atom is -0.342 e. The van der Waals surface area contributed by atoms with Gasteiger partial charge in [-0.2, -0.15) is 0 Å². The van der Waals surface area contributed by atoms with E-state index in [1.165, 1.54) is 12.8 Å². The van der Waals surface area contributed by atoms with Crippen molar-refractivity contribution in [3.8, 4) is 0 Å². The first kappa shape index (κ1) is 20.8. The Bertz CT molecular complexity index is 195. The molecule has 0 aromatic rings. The van der Waals surface area contributed by atoms with Crippen molar-refractivity contribution in [2.75, 3.05) is 13.1 Å². The van der Waals surface area contributed by atoms with E-state index in [-0.39, 0.29) is 5.92 Å². The molecular formula is C17H37NO. The van der Waals surface area contributed by atoms with Gasteiger partial charge in [0.05, 0.1) is 0 Å². The molecule has 0 aliphatic carbocycles. The molecule has 1 amide bonds. The number of carbonyl (C=O) groups excluding carboxylic acids is 1. The monoisotopic (exact) mass is 271 g/mol. The zero-order valence-electron chi connectivity index (χ0n) is 14.5. The summed E-state index contributed by atoms with van der Waals surface area (Å²) in [6.07, 6.45) is 5.55. The molecule has 1 rings (SSSR count). The molecule has 1 heterocycles. The Hall–Kier alpha value is -0.530. The fourth-order valence-electron chi connectivity index (χ4n) is 2.34. The maximum absolute atomic E-state index is 12.2. The van der Waals surface area contributed by atoms with Crippen LogP contribution in [0.3, 0.4) is 0 Å². The topological polar surface area (TPSA) is 20.3 Å². The van der Waals surface area contributed by atoms with E-state index in [4.69, 9.17) is 0 Å². The summed E-state index contributed by atoms with van der Waals surface area (Å²) in [5.41, 5.74) is 0. The van der Waals surface area contributed by atoms with Crippen molar-refractivity contribution >= 4 is 5.91 Å². The lowest BCUT2D eigenvalue weighted by Crippen LogP contribution is -2.41. The van der Waals surface area contributed by atoms with Gasteiger partial charge in [-0.15, -0.1) is 0 Å². The maximum Gasteiger partial charge on any atom is 0.225 e. The number of hydrogen-bond acceptors (Lipinski definition) is 1. The van der Waals surface area contributed by atoms with Gasteiger partial charge in [-0.3, -0.25) is 4.79 Å². The lowest BCUT2D eigenvalue weighted by Gasteiger charge is -2.32. The van der Waals surface area contributed by atoms with Crippen LogP contribution in [0.5, 0.6) is 0 Å². The van der Waals surface area contributed by atoms with Crippen LogP contribution >= 0.6 is 0 Å². The van der Waals surface area contributed by atoms with Gasteiger partial charge < -0.3 is 4.90 Å². The largest absolute Gasteiger partial charge is 0.342 e. The first-order valence-electron chi connectivity index (χ1n) is 8.47. The lowest BCUT2D eigenvalue weighted by atomic mass is 9.95. The highest BCUT2D eigenvalue weighted by molar-refractivity contribution is 5.78. The van der Waals surface area contributed by atoms with E-state index in [1.54, 1.807) is 0 Å². The molecule has 1 saturated heterocycles. The summed E-state index contributed by atoms with van der Waals surface area (Å²) < 4.78 is 0. The van der Waals surface area contributed by atoms with Crippen LogP contribution in [0.4, 0.5) is 0 Å². The minimum absolute atomic E-state index is 0.281. The summed E-state index contributed by atoms with van der Waals surface area (Å²) >= 11 is 0. The molecule has 1 aliphatic heterocycles. The van der Waals surface area contributed by atoms with Crippen molar-refractivity contribution in [1.82, 2.24) is 4.90 Å². The fourth-order valence-corrected chi connectivity index (χ4v) is 2.34. The zero-order valence-corrected chi connectivity index (χ0v) is 14.5. The van der Waals surface area contributed by atoms with Crippen molar-refractivity contribution in [3.63, 3.8) is 0 Å². The number of likely N-dealkylation sites (tertiary alicyclic amines) is 1. The number of nitrogens with zero attached hydrogens (tertiary/aromatic N) is 1. The quantitative estimate of drug-likeness (QED) is 0.694. The van der Waals surface area contributed by atoms with Gasteiger partial charge in [0.25, 0.3) is 0 Å². The Morgan fingerprint density at radius 2 is 1.58 bits per heavy atom. The molecule has 0 bridgehead atoms. The van der Waals surface area contributed by atoms with Crippen LogP contribution in [-0.2, 0) is 4.79 Å². The third-order valence-corrected chi connectivity index (χ3v) is 3.57. The number of hydrogen-bond donors (Lipinski definition) is 0. The van der Waals surface area contributed by atoms with Gasteiger partial charge in [0, 0.05) is 19.0 Å². The number of carbonyl (C=O) groups is 1. The molecule has 2 heteroatoms. The second-order valence-corrected chi connectivity index (χ2v) is 4.90. The molecule has 1 atom stereocenters. The number of piperidine rings is 1. The Morgan fingerprint density at radius 3 is 1.95 bits per heavy atom. The van der Waals surface area contributed by atoms with E-state index in [9.17, 15) is 4.79 Å². The normalized spacial score (nSPS) is 16.7. The molecule has 19 heavy (non-hydrogen) atoms. The van der Waals surface area contributed by atoms with Gasteiger partial charge in [0.2, 0.25) is 5.91 Å². The van der Waals surface area contributed by atoms with E-state index in [2.05, 4.69) is 25.7 Å². The highest BCUT2D eigenvalue weighted by Crippen LogP contribution is 2.20. The summed E-state index contributed by atoms with van der Waals surface area (Å²) in [4.78, 5) is 14.2. The molecule has 116 valence electrons. The lowest BCUT2D eigenvalue weighted by molar-refractivity contribution is -0.137. The maximum atomic E-state index is 12.2. The van der Waals surface area contributed by atoms with Crippen LogP contribution in [0.25, 0.3) is 0 Å². The van der Waals surface area contributed by atoms with E-state index >= 15 is 0 Å². The van der Waals surface area contributed by atoms with E-state index < -0.39 is 0 Å². The predicted octanol–water partition coefficient (Wildman–Crippen LogP) is 5.12. The summed E-state index contributed by atoms with van der Waals surface area (Å²) in [6, 6.07) is 0. The summed E-state index contributed by atoms with van der Waals surface area (Å²) in [6.45, 7) is 16.5. The van der Waals surface area contributed by atoms with Gasteiger partial charge in [-0.25, -0.2) is 0 Å². The number of rotatable bonds is 4. The average Bonchev–Trinajstić information content (AvgIpc) is 2.49. The Balaban J connectivity index is 0. The first-order chi connectivity index (χ1) is 9.19. The van der Waals surface area contributed by atoms with Crippen molar-refractivity contribution < 1.29 is 4.79 Å². The molecule has 2 nitrogen and oxygen atoms in total. The highest BCUT2D eigenvalue weighted by Gasteiger charge is 2.25. The van der Waals surface area contributed by atoms with E-state index in [1.807, 2.05) is 27.7 Å². The Labute approximate surface area is 122 Å². The van der Waals surface area contributed by atoms with Crippen molar-refractivity contribution in [3.05, 3.63) is 0 Å². The SMILES string of the molecule is CC.CC.CCCC(CC)C(=O)N1CCC(C)CC1. The molecule has 0 saturated carbocycles. The first-order valence-corrected chi connectivity index (χ1v) is 8.47. The van der Waals surface area contributed by atoms with Crippen molar-refractivity contribution in [2.24, 2.45) is 11.8 Å². The molecular weight excluding hydrogens is 234 g/mol. The summed E-state index contributed by atoms with van der Waals surface area (Å²) in [5, 5.41) is 0. The molecule has 1 unspecified atom stereocenters. The molecule has 0 N–H and O–H groups in total. The molecule has 0 aromatic carbocycles. The summed E-state index contributed by atoms with van der Waals surface area (Å²) in [5.74, 6) is 1.50. The molecule has 0 spiro atoms.